The van der Waals surface area contributed by atoms with Crippen LogP contribution in [0.15, 0.2) is 34.7 Å². The molecule has 1 aromatic rings. The molecule has 0 saturated heterocycles. The van der Waals surface area contributed by atoms with Crippen molar-refractivity contribution in [3.05, 3.63) is 35.9 Å². The van der Waals surface area contributed by atoms with Crippen LogP contribution in [-0.2, 0) is 9.84 Å². The monoisotopic (exact) mass is 267 g/mol. The Morgan fingerprint density at radius 1 is 1.39 bits per heavy atom. The summed E-state index contributed by atoms with van der Waals surface area (Å²) in [5.74, 6) is -1.08. The van der Waals surface area contributed by atoms with E-state index in [-0.39, 0.29) is 16.4 Å². The van der Waals surface area contributed by atoms with Crippen molar-refractivity contribution in [2.45, 2.75) is 4.90 Å². The van der Waals surface area contributed by atoms with Gasteiger partial charge >= 0.3 is 0 Å². The minimum atomic E-state index is -3.46. The average Bonchev–Trinajstić information content (AvgIpc) is 2.26. The topological polar surface area (TPSA) is 116 Å². The van der Waals surface area contributed by atoms with E-state index in [2.05, 4.69) is 11.6 Å². The maximum atomic E-state index is 11.6. The summed E-state index contributed by atoms with van der Waals surface area (Å²) in [4.78, 5) is 14.9. The molecule has 4 N–H and O–H groups in total. The van der Waals surface area contributed by atoms with Gasteiger partial charge in [0.2, 0.25) is 0 Å². The van der Waals surface area contributed by atoms with Crippen LogP contribution in [0.5, 0.6) is 0 Å². The van der Waals surface area contributed by atoms with Gasteiger partial charge in [0.25, 0.3) is 5.91 Å². The highest BCUT2D eigenvalue weighted by Gasteiger charge is 2.15. The van der Waals surface area contributed by atoms with Crippen molar-refractivity contribution < 1.29 is 13.2 Å². The first-order valence-electron chi connectivity index (χ1n) is 4.86. The van der Waals surface area contributed by atoms with Crippen LogP contribution in [0.1, 0.15) is 15.9 Å². The Labute approximate surface area is 105 Å². The molecule has 7 heteroatoms. The van der Waals surface area contributed by atoms with Gasteiger partial charge in [0.15, 0.2) is 15.8 Å². The summed E-state index contributed by atoms with van der Waals surface area (Å²) in [5, 5.41) is 0. The normalized spacial score (nSPS) is 10.7. The second-order valence-electron chi connectivity index (χ2n) is 3.57. The van der Waals surface area contributed by atoms with E-state index in [4.69, 9.17) is 11.5 Å². The van der Waals surface area contributed by atoms with Gasteiger partial charge in [-0.15, -0.1) is 0 Å². The van der Waals surface area contributed by atoms with Gasteiger partial charge in [-0.3, -0.25) is 4.79 Å². The number of aliphatic imine (C=N–C) groups is 1. The van der Waals surface area contributed by atoms with Crippen molar-refractivity contribution in [2.75, 3.05) is 6.26 Å². The van der Waals surface area contributed by atoms with Crippen molar-refractivity contribution in [3.8, 4) is 0 Å². The van der Waals surface area contributed by atoms with E-state index in [1.807, 2.05) is 0 Å². The van der Waals surface area contributed by atoms with Gasteiger partial charge in [0.1, 0.15) is 0 Å². The quantitative estimate of drug-likeness (QED) is 0.597. The number of guanidine groups is 1. The van der Waals surface area contributed by atoms with Crippen LogP contribution >= 0.6 is 0 Å². The van der Waals surface area contributed by atoms with Crippen LogP contribution < -0.4 is 11.5 Å². The summed E-state index contributed by atoms with van der Waals surface area (Å²) in [6, 6.07) is 4.13. The van der Waals surface area contributed by atoms with Crippen molar-refractivity contribution >= 4 is 27.8 Å². The average molecular weight is 267 g/mol. The lowest BCUT2D eigenvalue weighted by molar-refractivity contribution is 0.100. The number of benzene rings is 1. The second-order valence-corrected chi connectivity index (χ2v) is 5.55. The van der Waals surface area contributed by atoms with Crippen LogP contribution in [-0.4, -0.2) is 26.5 Å². The van der Waals surface area contributed by atoms with Crippen molar-refractivity contribution in [1.82, 2.24) is 0 Å². The molecule has 0 saturated carbocycles. The molecule has 1 rings (SSSR count). The zero-order valence-corrected chi connectivity index (χ0v) is 10.6. The third kappa shape index (κ3) is 3.17. The van der Waals surface area contributed by atoms with Crippen LogP contribution in [0.2, 0.25) is 0 Å². The van der Waals surface area contributed by atoms with E-state index in [1.165, 1.54) is 24.3 Å². The molecule has 0 fully saturated rings. The van der Waals surface area contributed by atoms with Gasteiger partial charge < -0.3 is 11.5 Å². The van der Waals surface area contributed by atoms with Gasteiger partial charge in [-0.25, -0.2) is 8.42 Å². The molecular formula is C11H13N3O3S. The number of nitrogens with two attached hydrogens (primary N) is 2. The molecule has 1 aromatic carbocycles. The highest BCUT2D eigenvalue weighted by molar-refractivity contribution is 7.90. The Hall–Kier alpha value is -2.15. The molecule has 0 aliphatic rings. The number of sulfone groups is 1. The molecule has 18 heavy (non-hydrogen) atoms. The summed E-state index contributed by atoms with van der Waals surface area (Å²) >= 11 is 0. The van der Waals surface area contributed by atoms with Gasteiger partial charge in [0, 0.05) is 11.8 Å². The second kappa shape index (κ2) is 5.01. The number of hydrogen-bond acceptors (Lipinski definition) is 3. The fraction of sp³-hybridized carbons (Fsp3) is 0.0909. The van der Waals surface area contributed by atoms with Crippen LogP contribution in [0, 0.1) is 0 Å². The standard InChI is InChI=1S/C11H13N3O3S/c1-3-7-4-5-8(10(15)14-11(12)13)6-9(7)18(2,16)17/h3-6H,1H2,2H3,(H4,12,13,14,15). The molecule has 0 heterocycles. The van der Waals surface area contributed by atoms with Gasteiger partial charge in [-0.2, -0.15) is 4.99 Å². The summed E-state index contributed by atoms with van der Waals surface area (Å²) in [6.45, 7) is 3.51. The molecule has 0 radical (unpaired) electrons. The van der Waals surface area contributed by atoms with E-state index < -0.39 is 15.7 Å². The highest BCUT2D eigenvalue weighted by Crippen LogP contribution is 2.19. The SMILES string of the molecule is C=Cc1ccc(C(=O)N=C(N)N)cc1S(C)(=O)=O. The Balaban J connectivity index is 3.41. The fourth-order valence-electron chi connectivity index (χ4n) is 1.34. The molecule has 0 aliphatic carbocycles. The largest absolute Gasteiger partial charge is 0.370 e. The number of amides is 1. The molecule has 6 nitrogen and oxygen atoms in total. The van der Waals surface area contributed by atoms with Crippen LogP contribution in [0.4, 0.5) is 0 Å². The van der Waals surface area contributed by atoms with Crippen molar-refractivity contribution in [3.63, 3.8) is 0 Å². The lowest BCUT2D eigenvalue weighted by atomic mass is 10.1. The molecule has 0 spiro atoms. The predicted molar refractivity (Wildman–Crippen MR) is 69.8 cm³/mol. The number of carbonyl (C=O) groups excluding carboxylic acids is 1. The Morgan fingerprint density at radius 2 is 2.00 bits per heavy atom. The minimum absolute atomic E-state index is 0.00847. The van der Waals surface area contributed by atoms with E-state index in [9.17, 15) is 13.2 Å². The first-order valence-corrected chi connectivity index (χ1v) is 6.75. The molecule has 0 bridgehead atoms. The summed E-state index contributed by atoms with van der Waals surface area (Å²) < 4.78 is 23.1. The molecule has 1 amide bonds. The van der Waals surface area contributed by atoms with Gasteiger partial charge in [0.05, 0.1) is 4.90 Å². The number of nitrogens with zero attached hydrogens (tertiary/aromatic N) is 1. The van der Waals surface area contributed by atoms with Crippen LogP contribution in [0.3, 0.4) is 0 Å². The molecule has 0 aromatic heterocycles. The smallest absolute Gasteiger partial charge is 0.280 e. The van der Waals surface area contributed by atoms with E-state index in [0.29, 0.717) is 5.56 Å². The molecule has 0 atom stereocenters. The number of carbonyl (C=O) groups is 1. The predicted octanol–water partition coefficient (Wildman–Crippen LogP) is 0.147. The lowest BCUT2D eigenvalue weighted by Gasteiger charge is -2.05. The zero-order chi connectivity index (χ0) is 13.9. The number of hydrogen-bond donors (Lipinski definition) is 2. The lowest BCUT2D eigenvalue weighted by Crippen LogP contribution is -2.24. The Bertz CT molecular complexity index is 629. The summed E-state index contributed by atoms with van der Waals surface area (Å²) in [6.07, 6.45) is 2.44. The summed E-state index contributed by atoms with van der Waals surface area (Å²) in [7, 11) is -3.46. The third-order valence-electron chi connectivity index (χ3n) is 2.11. The highest BCUT2D eigenvalue weighted by atomic mass is 32.2. The Morgan fingerprint density at radius 3 is 2.44 bits per heavy atom. The first kappa shape index (κ1) is 13.9. The number of rotatable bonds is 3. The van der Waals surface area contributed by atoms with Crippen molar-refractivity contribution in [2.24, 2.45) is 16.5 Å². The molecule has 96 valence electrons. The zero-order valence-electron chi connectivity index (χ0n) is 9.75. The summed E-state index contributed by atoms with van der Waals surface area (Å²) in [5.41, 5.74) is 10.7. The van der Waals surface area contributed by atoms with Crippen LogP contribution in [0.25, 0.3) is 6.08 Å². The fourth-order valence-corrected chi connectivity index (χ4v) is 2.26. The minimum Gasteiger partial charge on any atom is -0.370 e. The van der Waals surface area contributed by atoms with E-state index >= 15 is 0 Å². The van der Waals surface area contributed by atoms with Gasteiger partial charge in [-0.1, -0.05) is 18.7 Å². The maximum absolute atomic E-state index is 11.6. The molecule has 0 unspecified atom stereocenters. The molecule has 0 aliphatic heterocycles. The van der Waals surface area contributed by atoms with E-state index in [0.717, 1.165) is 6.26 Å². The third-order valence-corrected chi connectivity index (χ3v) is 3.26. The van der Waals surface area contributed by atoms with Crippen molar-refractivity contribution in [1.29, 1.82) is 0 Å². The van der Waals surface area contributed by atoms with E-state index in [1.54, 1.807) is 0 Å². The van der Waals surface area contributed by atoms with Gasteiger partial charge in [-0.05, 0) is 17.7 Å². The first-order chi connectivity index (χ1) is 8.25. The Kier molecular flexibility index (Phi) is 3.87. The molecular weight excluding hydrogens is 254 g/mol. The maximum Gasteiger partial charge on any atom is 0.280 e.